The Hall–Kier alpha value is -1.92. The fourth-order valence-corrected chi connectivity index (χ4v) is 3.39. The summed E-state index contributed by atoms with van der Waals surface area (Å²) in [5.74, 6) is 0.806. The highest BCUT2D eigenvalue weighted by atomic mass is 32.2. The van der Waals surface area contributed by atoms with Gasteiger partial charge in [0.2, 0.25) is 0 Å². The molecule has 1 saturated heterocycles. The van der Waals surface area contributed by atoms with Crippen LogP contribution in [0.5, 0.6) is 0 Å². The van der Waals surface area contributed by atoms with E-state index in [0.717, 1.165) is 38.5 Å². The zero-order valence-corrected chi connectivity index (χ0v) is 15.1. The van der Waals surface area contributed by atoms with Gasteiger partial charge in [0.1, 0.15) is 11.5 Å². The average Bonchev–Trinajstić information content (AvgIpc) is 2.67. The summed E-state index contributed by atoms with van der Waals surface area (Å²) in [4.78, 5) is 21.0. The van der Waals surface area contributed by atoms with E-state index in [9.17, 15) is 9.18 Å². The summed E-state index contributed by atoms with van der Waals surface area (Å²) >= 11 is 1.85. The molecule has 2 heterocycles. The summed E-state index contributed by atoms with van der Waals surface area (Å²) < 4.78 is 13.8. The molecule has 25 heavy (non-hydrogen) atoms. The molecule has 1 aromatic heterocycles. The minimum atomic E-state index is -0.358. The van der Waals surface area contributed by atoms with E-state index < -0.39 is 0 Å². The van der Waals surface area contributed by atoms with Gasteiger partial charge >= 0.3 is 0 Å². The predicted octanol–water partition coefficient (Wildman–Crippen LogP) is 3.01. The fourth-order valence-electron chi connectivity index (χ4n) is 2.95. The summed E-state index contributed by atoms with van der Waals surface area (Å²) in [6.07, 6.45) is 3.67. The van der Waals surface area contributed by atoms with Crippen molar-refractivity contribution >= 4 is 17.7 Å². The van der Waals surface area contributed by atoms with Gasteiger partial charge in [-0.3, -0.25) is 14.7 Å². The van der Waals surface area contributed by atoms with Crippen LogP contribution in [0.3, 0.4) is 0 Å². The highest BCUT2D eigenvalue weighted by Crippen LogP contribution is 2.21. The topological polar surface area (TPSA) is 36.4 Å². The molecule has 1 aliphatic heterocycles. The van der Waals surface area contributed by atoms with Gasteiger partial charge in [0.15, 0.2) is 0 Å². The van der Waals surface area contributed by atoms with Crippen LogP contribution in [-0.2, 0) is 0 Å². The molecule has 1 fully saturated rings. The third-order valence-electron chi connectivity index (χ3n) is 4.43. The lowest BCUT2D eigenvalue weighted by Crippen LogP contribution is -2.49. The summed E-state index contributed by atoms with van der Waals surface area (Å²) in [5.41, 5.74) is 1.62. The van der Waals surface area contributed by atoms with Crippen molar-refractivity contribution in [2.24, 2.45) is 0 Å². The number of piperazine rings is 1. The standard InChI is InChI=1S/C19H22FN3OS/c1-25-14-13-22-9-11-23(12-10-22)19(24)16-6-4-15(5-7-16)18-17(20)3-2-8-21-18/h2-8H,9-14H2,1H3. The zero-order chi connectivity index (χ0) is 17.6. The van der Waals surface area contributed by atoms with Gasteiger partial charge < -0.3 is 4.90 Å². The Balaban J connectivity index is 1.63. The van der Waals surface area contributed by atoms with E-state index in [1.165, 1.54) is 6.07 Å². The van der Waals surface area contributed by atoms with Gasteiger partial charge in [0.05, 0.1) is 0 Å². The predicted molar refractivity (Wildman–Crippen MR) is 100 cm³/mol. The Labute approximate surface area is 152 Å². The van der Waals surface area contributed by atoms with Crippen molar-refractivity contribution in [3.63, 3.8) is 0 Å². The van der Waals surface area contributed by atoms with E-state index in [2.05, 4.69) is 16.1 Å². The van der Waals surface area contributed by atoms with E-state index >= 15 is 0 Å². The number of aromatic nitrogens is 1. The van der Waals surface area contributed by atoms with Crippen LogP contribution in [0.2, 0.25) is 0 Å². The third-order valence-corrected chi connectivity index (χ3v) is 5.03. The lowest BCUT2D eigenvalue weighted by atomic mass is 10.1. The molecule has 0 radical (unpaired) electrons. The Morgan fingerprint density at radius 2 is 1.88 bits per heavy atom. The zero-order valence-electron chi connectivity index (χ0n) is 14.3. The molecule has 6 heteroatoms. The summed E-state index contributed by atoms with van der Waals surface area (Å²) in [6, 6.07) is 9.98. The number of benzene rings is 1. The summed E-state index contributed by atoms with van der Waals surface area (Å²) in [5, 5.41) is 0. The Bertz CT molecular complexity index is 715. The van der Waals surface area contributed by atoms with Crippen LogP contribution in [0.25, 0.3) is 11.3 Å². The second-order valence-electron chi connectivity index (χ2n) is 6.04. The first-order chi connectivity index (χ1) is 12.2. The van der Waals surface area contributed by atoms with Gasteiger partial charge in [0, 0.05) is 55.8 Å². The first-order valence-electron chi connectivity index (χ1n) is 8.40. The number of pyridine rings is 1. The van der Waals surface area contributed by atoms with Crippen molar-refractivity contribution in [3.05, 3.63) is 54.0 Å². The summed E-state index contributed by atoms with van der Waals surface area (Å²) in [7, 11) is 0. The van der Waals surface area contributed by atoms with Crippen molar-refractivity contribution in [1.29, 1.82) is 0 Å². The number of carbonyl (C=O) groups is 1. The lowest BCUT2D eigenvalue weighted by molar-refractivity contribution is 0.0644. The maximum Gasteiger partial charge on any atom is 0.253 e. The van der Waals surface area contributed by atoms with Gasteiger partial charge in [-0.1, -0.05) is 12.1 Å². The molecule has 2 aromatic rings. The molecule has 0 unspecified atom stereocenters. The number of rotatable bonds is 5. The van der Waals surface area contributed by atoms with Gasteiger partial charge in [-0.15, -0.1) is 0 Å². The normalized spacial score (nSPS) is 15.4. The van der Waals surface area contributed by atoms with Gasteiger partial charge in [-0.05, 0) is 30.5 Å². The molecule has 0 saturated carbocycles. The molecule has 0 spiro atoms. The quantitative estimate of drug-likeness (QED) is 0.822. The Kier molecular flexibility index (Phi) is 6.04. The smallest absolute Gasteiger partial charge is 0.253 e. The maximum absolute atomic E-state index is 13.8. The number of carbonyl (C=O) groups excluding carboxylic acids is 1. The fraction of sp³-hybridized carbons (Fsp3) is 0.368. The summed E-state index contributed by atoms with van der Waals surface area (Å²) in [6.45, 7) is 4.42. The number of nitrogens with zero attached hydrogens (tertiary/aromatic N) is 3. The van der Waals surface area contributed by atoms with Gasteiger partial charge in [-0.2, -0.15) is 11.8 Å². The molecule has 0 atom stereocenters. The number of hydrogen-bond donors (Lipinski definition) is 0. The molecule has 4 nitrogen and oxygen atoms in total. The Morgan fingerprint density at radius 3 is 2.52 bits per heavy atom. The van der Waals surface area contributed by atoms with Crippen molar-refractivity contribution in [2.45, 2.75) is 0 Å². The van der Waals surface area contributed by atoms with Crippen molar-refractivity contribution in [2.75, 3.05) is 44.7 Å². The molecule has 0 bridgehead atoms. The largest absolute Gasteiger partial charge is 0.336 e. The van der Waals surface area contributed by atoms with E-state index in [4.69, 9.17) is 0 Å². The second kappa shape index (κ2) is 8.45. The first-order valence-corrected chi connectivity index (χ1v) is 9.80. The van der Waals surface area contributed by atoms with Gasteiger partial charge in [-0.25, -0.2) is 4.39 Å². The first kappa shape index (κ1) is 17.9. The van der Waals surface area contributed by atoms with Crippen molar-refractivity contribution < 1.29 is 9.18 Å². The van der Waals surface area contributed by atoms with Crippen LogP contribution < -0.4 is 0 Å². The molecule has 1 amide bonds. The van der Waals surface area contributed by atoms with Crippen LogP contribution in [0, 0.1) is 5.82 Å². The third kappa shape index (κ3) is 4.38. The molecule has 3 rings (SSSR count). The molecule has 1 aliphatic rings. The van der Waals surface area contributed by atoms with Crippen LogP contribution in [-0.4, -0.2) is 65.4 Å². The second-order valence-corrected chi connectivity index (χ2v) is 7.02. The van der Waals surface area contributed by atoms with Crippen LogP contribution >= 0.6 is 11.8 Å². The minimum absolute atomic E-state index is 0.0394. The molecular formula is C19H22FN3OS. The van der Waals surface area contributed by atoms with Crippen molar-refractivity contribution in [3.8, 4) is 11.3 Å². The van der Waals surface area contributed by atoms with E-state index in [1.807, 2.05) is 16.7 Å². The van der Waals surface area contributed by atoms with E-state index in [-0.39, 0.29) is 11.7 Å². The van der Waals surface area contributed by atoms with Crippen LogP contribution in [0.4, 0.5) is 4.39 Å². The number of thioether (sulfide) groups is 1. The monoisotopic (exact) mass is 359 g/mol. The van der Waals surface area contributed by atoms with E-state index in [1.54, 1.807) is 36.5 Å². The molecular weight excluding hydrogens is 337 g/mol. The molecule has 0 N–H and O–H groups in total. The minimum Gasteiger partial charge on any atom is -0.336 e. The molecule has 0 aliphatic carbocycles. The highest BCUT2D eigenvalue weighted by molar-refractivity contribution is 7.98. The van der Waals surface area contributed by atoms with Crippen LogP contribution in [0.1, 0.15) is 10.4 Å². The molecule has 1 aromatic carbocycles. The lowest BCUT2D eigenvalue weighted by Gasteiger charge is -2.34. The number of hydrogen-bond acceptors (Lipinski definition) is 4. The van der Waals surface area contributed by atoms with Crippen LogP contribution in [0.15, 0.2) is 42.6 Å². The number of halogens is 1. The van der Waals surface area contributed by atoms with E-state index in [0.29, 0.717) is 16.8 Å². The Morgan fingerprint density at radius 1 is 1.16 bits per heavy atom. The number of amides is 1. The maximum atomic E-state index is 13.8. The highest BCUT2D eigenvalue weighted by Gasteiger charge is 2.21. The SMILES string of the molecule is CSCCN1CCN(C(=O)c2ccc(-c3ncccc3F)cc2)CC1. The van der Waals surface area contributed by atoms with Crippen molar-refractivity contribution in [1.82, 2.24) is 14.8 Å². The molecule has 132 valence electrons. The average molecular weight is 359 g/mol. The van der Waals surface area contributed by atoms with Gasteiger partial charge in [0.25, 0.3) is 5.91 Å².